The monoisotopic (exact) mass is 289 g/mol. The summed E-state index contributed by atoms with van der Waals surface area (Å²) in [5, 5.41) is 10.8. The number of hydrogen-bond donors (Lipinski definition) is 1. The molecule has 0 spiro atoms. The highest BCUT2D eigenvalue weighted by molar-refractivity contribution is 7.99. The number of aromatic nitrogens is 3. The molecule has 0 saturated carbocycles. The van der Waals surface area contributed by atoms with Gasteiger partial charge in [0, 0.05) is 24.6 Å². The van der Waals surface area contributed by atoms with Crippen LogP contribution in [-0.2, 0) is 0 Å². The largest absolute Gasteiger partial charge is 0.323 e. The summed E-state index contributed by atoms with van der Waals surface area (Å²) in [4.78, 5) is 14.0. The van der Waals surface area contributed by atoms with Crippen molar-refractivity contribution in [2.24, 2.45) is 0 Å². The minimum Gasteiger partial charge on any atom is -0.323 e. The molecule has 1 N–H and O–H groups in total. The van der Waals surface area contributed by atoms with Crippen LogP contribution in [-0.4, -0.2) is 50.5 Å². The number of benzene rings is 1. The predicted molar refractivity (Wildman–Crippen MR) is 79.3 cm³/mol. The number of carbonyl (C=O) groups is 1. The lowest BCUT2D eigenvalue weighted by Gasteiger charge is -2.26. The van der Waals surface area contributed by atoms with Gasteiger partial charge < -0.3 is 4.90 Å². The van der Waals surface area contributed by atoms with E-state index in [1.54, 1.807) is 10.9 Å². The van der Waals surface area contributed by atoms with Crippen molar-refractivity contribution in [3.05, 3.63) is 36.5 Å². The van der Waals surface area contributed by atoms with Crippen molar-refractivity contribution in [3.8, 4) is 5.69 Å². The summed E-state index contributed by atoms with van der Waals surface area (Å²) in [6.45, 7) is 1.56. The molecule has 2 aromatic rings. The van der Waals surface area contributed by atoms with E-state index >= 15 is 0 Å². The molecule has 104 valence electrons. The summed E-state index contributed by atoms with van der Waals surface area (Å²) in [5.74, 6) is 2.56. The fraction of sp³-hybridized carbons (Fsp3) is 0.308. The zero-order valence-electron chi connectivity index (χ0n) is 10.9. The van der Waals surface area contributed by atoms with E-state index in [0.717, 1.165) is 30.3 Å². The molecule has 6 nitrogen and oxygen atoms in total. The first-order valence-electron chi connectivity index (χ1n) is 6.44. The maximum Gasteiger partial charge on any atom is 0.323 e. The zero-order valence-corrected chi connectivity index (χ0v) is 11.7. The Morgan fingerprint density at radius 3 is 2.70 bits per heavy atom. The van der Waals surface area contributed by atoms with Crippen LogP contribution in [0, 0.1) is 0 Å². The van der Waals surface area contributed by atoms with E-state index in [9.17, 15) is 4.79 Å². The maximum absolute atomic E-state index is 12.2. The molecule has 1 aromatic heterocycles. The molecule has 1 aliphatic rings. The number of nitrogens with one attached hydrogen (secondary N) is 1. The second kappa shape index (κ2) is 5.96. The van der Waals surface area contributed by atoms with Gasteiger partial charge in [-0.3, -0.25) is 5.32 Å². The average Bonchev–Trinajstić information content (AvgIpc) is 2.97. The Morgan fingerprint density at radius 2 is 1.95 bits per heavy atom. The van der Waals surface area contributed by atoms with Crippen LogP contribution in [0.3, 0.4) is 0 Å². The third kappa shape index (κ3) is 2.77. The van der Waals surface area contributed by atoms with Crippen LogP contribution in [0.2, 0.25) is 0 Å². The Labute approximate surface area is 121 Å². The molecular formula is C13H15N5OS. The molecule has 1 aliphatic heterocycles. The molecule has 1 fully saturated rings. The Hall–Kier alpha value is -2.02. The van der Waals surface area contributed by atoms with Gasteiger partial charge >= 0.3 is 6.03 Å². The van der Waals surface area contributed by atoms with Crippen molar-refractivity contribution in [3.63, 3.8) is 0 Å². The summed E-state index contributed by atoms with van der Waals surface area (Å²) in [6.07, 6.45) is 1.56. The molecule has 0 atom stereocenters. The van der Waals surface area contributed by atoms with Gasteiger partial charge in [0.2, 0.25) is 0 Å². The second-order valence-corrected chi connectivity index (χ2v) is 5.62. The zero-order chi connectivity index (χ0) is 13.8. The lowest BCUT2D eigenvalue weighted by Crippen LogP contribution is -2.41. The number of para-hydroxylation sites is 1. The fourth-order valence-corrected chi connectivity index (χ4v) is 2.94. The number of hydrogen-bond acceptors (Lipinski definition) is 4. The summed E-state index contributed by atoms with van der Waals surface area (Å²) >= 11 is 1.87. The molecule has 1 aromatic carbocycles. The van der Waals surface area contributed by atoms with E-state index in [2.05, 4.69) is 15.6 Å². The summed E-state index contributed by atoms with van der Waals surface area (Å²) in [6, 6.07) is 9.52. The van der Waals surface area contributed by atoms with Gasteiger partial charge in [-0.05, 0) is 12.1 Å². The van der Waals surface area contributed by atoms with Gasteiger partial charge in [-0.25, -0.2) is 4.79 Å². The molecule has 0 unspecified atom stereocenters. The molecule has 20 heavy (non-hydrogen) atoms. The minimum absolute atomic E-state index is 0.0928. The summed E-state index contributed by atoms with van der Waals surface area (Å²) < 4.78 is 1.62. The molecular weight excluding hydrogens is 274 g/mol. The van der Waals surface area contributed by atoms with Crippen molar-refractivity contribution in [2.45, 2.75) is 0 Å². The highest BCUT2D eigenvalue weighted by Crippen LogP contribution is 2.15. The first-order chi connectivity index (χ1) is 9.84. The van der Waals surface area contributed by atoms with E-state index in [1.807, 2.05) is 47.0 Å². The van der Waals surface area contributed by atoms with Crippen LogP contribution in [0.1, 0.15) is 0 Å². The molecule has 0 bridgehead atoms. The quantitative estimate of drug-likeness (QED) is 0.916. The van der Waals surface area contributed by atoms with Crippen LogP contribution >= 0.6 is 11.8 Å². The van der Waals surface area contributed by atoms with Gasteiger partial charge in [0.25, 0.3) is 0 Å². The smallest absolute Gasteiger partial charge is 0.323 e. The van der Waals surface area contributed by atoms with Crippen molar-refractivity contribution in [2.75, 3.05) is 29.9 Å². The number of nitrogens with zero attached hydrogens (tertiary/aromatic N) is 4. The van der Waals surface area contributed by atoms with Crippen molar-refractivity contribution in [1.29, 1.82) is 0 Å². The van der Waals surface area contributed by atoms with Crippen LogP contribution < -0.4 is 5.32 Å². The topological polar surface area (TPSA) is 63.1 Å². The number of urea groups is 1. The van der Waals surface area contributed by atoms with Gasteiger partial charge in [-0.15, -0.1) is 5.10 Å². The summed E-state index contributed by atoms with van der Waals surface area (Å²) in [7, 11) is 0. The van der Waals surface area contributed by atoms with Crippen LogP contribution in [0.25, 0.3) is 5.69 Å². The number of carbonyl (C=O) groups excluding carboxylic acids is 1. The lowest BCUT2D eigenvalue weighted by molar-refractivity contribution is 0.217. The fourth-order valence-electron chi connectivity index (χ4n) is 2.04. The summed E-state index contributed by atoms with van der Waals surface area (Å²) in [5.41, 5.74) is 0.870. The number of amides is 2. The number of rotatable bonds is 2. The third-order valence-electron chi connectivity index (χ3n) is 3.08. The molecule has 0 aliphatic carbocycles. The van der Waals surface area contributed by atoms with E-state index in [0.29, 0.717) is 5.82 Å². The van der Waals surface area contributed by atoms with E-state index in [1.165, 1.54) is 0 Å². The third-order valence-corrected chi connectivity index (χ3v) is 4.03. The SMILES string of the molecule is O=C(Nc1cnnn1-c1ccccc1)N1CCSCC1. The first kappa shape index (κ1) is 13.0. The molecule has 2 amide bonds. The van der Waals surface area contributed by atoms with E-state index < -0.39 is 0 Å². The Balaban J connectivity index is 1.75. The highest BCUT2D eigenvalue weighted by Gasteiger charge is 2.18. The van der Waals surface area contributed by atoms with Gasteiger partial charge in [0.1, 0.15) is 0 Å². The average molecular weight is 289 g/mol. The van der Waals surface area contributed by atoms with E-state index in [4.69, 9.17) is 0 Å². The maximum atomic E-state index is 12.2. The normalized spacial score (nSPS) is 15.1. The molecule has 7 heteroatoms. The van der Waals surface area contributed by atoms with Gasteiger partial charge in [-0.1, -0.05) is 23.4 Å². The standard InChI is InChI=1S/C13H15N5OS/c19-13(17-6-8-20-9-7-17)15-12-10-14-16-18(12)11-4-2-1-3-5-11/h1-5,10H,6-9H2,(H,15,19). The second-order valence-electron chi connectivity index (χ2n) is 4.40. The minimum atomic E-state index is -0.0928. The molecule has 2 heterocycles. The van der Waals surface area contributed by atoms with Crippen molar-refractivity contribution >= 4 is 23.6 Å². The lowest BCUT2D eigenvalue weighted by atomic mass is 10.3. The molecule has 3 rings (SSSR count). The van der Waals surface area contributed by atoms with Crippen LogP contribution in [0.15, 0.2) is 36.5 Å². The van der Waals surface area contributed by atoms with Crippen molar-refractivity contribution < 1.29 is 4.79 Å². The molecule has 1 saturated heterocycles. The highest BCUT2D eigenvalue weighted by atomic mass is 32.2. The number of anilines is 1. The van der Waals surface area contributed by atoms with Crippen LogP contribution in [0.4, 0.5) is 10.6 Å². The van der Waals surface area contributed by atoms with Crippen molar-refractivity contribution in [1.82, 2.24) is 19.9 Å². The Kier molecular flexibility index (Phi) is 3.87. The van der Waals surface area contributed by atoms with E-state index in [-0.39, 0.29) is 6.03 Å². The van der Waals surface area contributed by atoms with Gasteiger partial charge in [-0.2, -0.15) is 16.4 Å². The number of thioether (sulfide) groups is 1. The predicted octanol–water partition coefficient (Wildman–Crippen LogP) is 1.85. The van der Waals surface area contributed by atoms with Gasteiger partial charge in [0.05, 0.1) is 11.9 Å². The Morgan fingerprint density at radius 1 is 1.20 bits per heavy atom. The Bertz CT molecular complexity index is 579. The molecule has 0 radical (unpaired) electrons. The van der Waals surface area contributed by atoms with Gasteiger partial charge in [0.15, 0.2) is 5.82 Å². The first-order valence-corrected chi connectivity index (χ1v) is 7.60. The van der Waals surface area contributed by atoms with Crippen LogP contribution in [0.5, 0.6) is 0 Å².